The molecule has 0 aliphatic heterocycles. The Labute approximate surface area is 104 Å². The summed E-state index contributed by atoms with van der Waals surface area (Å²) in [5.74, 6) is 0.113. The van der Waals surface area contributed by atoms with E-state index >= 15 is 0 Å². The lowest BCUT2D eigenvalue weighted by Gasteiger charge is -2.11. The van der Waals surface area contributed by atoms with Crippen LogP contribution in [0.4, 0.5) is 0 Å². The van der Waals surface area contributed by atoms with Crippen molar-refractivity contribution in [1.82, 2.24) is 5.32 Å². The first-order valence-corrected chi connectivity index (χ1v) is 5.65. The molecule has 0 aliphatic carbocycles. The molecule has 0 spiro atoms. The molecule has 1 aromatic rings. The minimum absolute atomic E-state index is 0.0917. The number of benzene rings is 1. The van der Waals surface area contributed by atoms with Gasteiger partial charge in [0.05, 0.1) is 10.6 Å². The number of carbonyl (C=O) groups excluding carboxylic acids is 1. The SMILES string of the molecule is CC(CCl)NC(=O)c1ccc(Cl)cc1Cl. The van der Waals surface area contributed by atoms with E-state index in [1.165, 1.54) is 6.07 Å². The Kier molecular flexibility index (Phi) is 4.71. The summed E-state index contributed by atoms with van der Waals surface area (Å²) in [4.78, 5) is 11.6. The van der Waals surface area contributed by atoms with Crippen LogP contribution in [0.25, 0.3) is 0 Å². The van der Waals surface area contributed by atoms with Gasteiger partial charge in [-0.05, 0) is 25.1 Å². The number of amides is 1. The van der Waals surface area contributed by atoms with Crippen LogP contribution in [0.5, 0.6) is 0 Å². The molecule has 1 aromatic carbocycles. The number of hydrogen-bond donors (Lipinski definition) is 1. The molecular formula is C10H10Cl3NO. The molecule has 1 atom stereocenters. The van der Waals surface area contributed by atoms with E-state index in [9.17, 15) is 4.79 Å². The smallest absolute Gasteiger partial charge is 0.253 e. The second-order valence-electron chi connectivity index (χ2n) is 3.15. The van der Waals surface area contributed by atoms with Crippen LogP contribution in [-0.4, -0.2) is 17.8 Å². The van der Waals surface area contributed by atoms with Crippen LogP contribution in [0.2, 0.25) is 10.0 Å². The molecule has 1 unspecified atom stereocenters. The summed E-state index contributed by atoms with van der Waals surface area (Å²) in [6, 6.07) is 4.64. The van der Waals surface area contributed by atoms with E-state index in [1.54, 1.807) is 12.1 Å². The highest BCUT2D eigenvalue weighted by atomic mass is 35.5. The molecule has 1 N–H and O–H groups in total. The van der Waals surface area contributed by atoms with Crippen molar-refractivity contribution in [3.05, 3.63) is 33.8 Å². The van der Waals surface area contributed by atoms with Gasteiger partial charge in [-0.3, -0.25) is 4.79 Å². The quantitative estimate of drug-likeness (QED) is 0.835. The minimum Gasteiger partial charge on any atom is -0.348 e. The van der Waals surface area contributed by atoms with E-state index in [0.29, 0.717) is 21.5 Å². The zero-order chi connectivity index (χ0) is 11.4. The van der Waals surface area contributed by atoms with E-state index in [1.807, 2.05) is 6.92 Å². The van der Waals surface area contributed by atoms with Gasteiger partial charge in [-0.25, -0.2) is 0 Å². The monoisotopic (exact) mass is 265 g/mol. The molecule has 0 fully saturated rings. The van der Waals surface area contributed by atoms with Gasteiger partial charge in [-0.2, -0.15) is 0 Å². The van der Waals surface area contributed by atoms with Gasteiger partial charge in [-0.15, -0.1) is 11.6 Å². The van der Waals surface area contributed by atoms with Gasteiger partial charge in [-0.1, -0.05) is 23.2 Å². The first-order valence-electron chi connectivity index (χ1n) is 4.36. The van der Waals surface area contributed by atoms with Crippen molar-refractivity contribution in [2.75, 3.05) is 5.88 Å². The number of nitrogens with one attached hydrogen (secondary N) is 1. The average Bonchev–Trinajstić information content (AvgIpc) is 2.17. The van der Waals surface area contributed by atoms with Gasteiger partial charge in [0.2, 0.25) is 0 Å². The zero-order valence-corrected chi connectivity index (χ0v) is 10.3. The molecular weight excluding hydrogens is 256 g/mol. The molecule has 0 saturated heterocycles. The second-order valence-corrected chi connectivity index (χ2v) is 4.31. The summed E-state index contributed by atoms with van der Waals surface area (Å²) < 4.78 is 0. The van der Waals surface area contributed by atoms with Crippen molar-refractivity contribution in [2.45, 2.75) is 13.0 Å². The van der Waals surface area contributed by atoms with Gasteiger partial charge < -0.3 is 5.32 Å². The highest BCUT2D eigenvalue weighted by molar-refractivity contribution is 6.36. The van der Waals surface area contributed by atoms with Crippen LogP contribution in [0, 0.1) is 0 Å². The fourth-order valence-electron chi connectivity index (χ4n) is 1.01. The third-order valence-electron chi connectivity index (χ3n) is 1.78. The van der Waals surface area contributed by atoms with Gasteiger partial charge >= 0.3 is 0 Å². The molecule has 5 heteroatoms. The third kappa shape index (κ3) is 3.56. The van der Waals surface area contributed by atoms with E-state index in [0.717, 1.165) is 0 Å². The number of carbonyl (C=O) groups is 1. The number of alkyl halides is 1. The molecule has 0 saturated carbocycles. The molecule has 15 heavy (non-hydrogen) atoms. The third-order valence-corrected chi connectivity index (χ3v) is 2.80. The van der Waals surface area contributed by atoms with Crippen molar-refractivity contribution in [2.24, 2.45) is 0 Å². The van der Waals surface area contributed by atoms with Crippen molar-refractivity contribution >= 4 is 40.7 Å². The Hall–Kier alpha value is -0.440. The lowest BCUT2D eigenvalue weighted by molar-refractivity contribution is 0.0943. The summed E-state index contributed by atoms with van der Waals surface area (Å²) >= 11 is 17.2. The van der Waals surface area contributed by atoms with Crippen LogP contribution >= 0.6 is 34.8 Å². The molecule has 1 rings (SSSR count). The number of hydrogen-bond acceptors (Lipinski definition) is 1. The molecule has 0 heterocycles. The van der Waals surface area contributed by atoms with Gasteiger partial charge in [0.1, 0.15) is 0 Å². The maximum absolute atomic E-state index is 11.6. The van der Waals surface area contributed by atoms with E-state index in [-0.39, 0.29) is 11.9 Å². The molecule has 0 bridgehead atoms. The lowest BCUT2D eigenvalue weighted by atomic mass is 10.2. The van der Waals surface area contributed by atoms with Crippen molar-refractivity contribution in [3.8, 4) is 0 Å². The predicted octanol–water partition coefficient (Wildman–Crippen LogP) is 3.35. The summed E-state index contributed by atoms with van der Waals surface area (Å²) in [5, 5.41) is 3.54. The van der Waals surface area contributed by atoms with E-state index in [2.05, 4.69) is 5.32 Å². The molecule has 0 aromatic heterocycles. The first kappa shape index (κ1) is 12.6. The Morgan fingerprint density at radius 2 is 2.13 bits per heavy atom. The topological polar surface area (TPSA) is 29.1 Å². The van der Waals surface area contributed by atoms with Crippen molar-refractivity contribution < 1.29 is 4.79 Å². The second kappa shape index (κ2) is 5.59. The molecule has 82 valence electrons. The number of rotatable bonds is 3. The summed E-state index contributed by atoms with van der Waals surface area (Å²) in [6.45, 7) is 1.81. The Balaban J connectivity index is 2.82. The highest BCUT2D eigenvalue weighted by Gasteiger charge is 2.12. The average molecular weight is 267 g/mol. The summed E-state index contributed by atoms with van der Waals surface area (Å²) in [7, 11) is 0. The van der Waals surface area contributed by atoms with Crippen molar-refractivity contribution in [3.63, 3.8) is 0 Å². The Morgan fingerprint density at radius 3 is 2.67 bits per heavy atom. The zero-order valence-electron chi connectivity index (χ0n) is 8.06. The molecule has 0 aliphatic rings. The first-order chi connectivity index (χ1) is 7.04. The Bertz CT molecular complexity index is 368. The van der Waals surface area contributed by atoms with E-state index in [4.69, 9.17) is 34.8 Å². The van der Waals surface area contributed by atoms with Crippen LogP contribution < -0.4 is 5.32 Å². The van der Waals surface area contributed by atoms with E-state index < -0.39 is 0 Å². The fraction of sp³-hybridized carbons (Fsp3) is 0.300. The lowest BCUT2D eigenvalue weighted by Crippen LogP contribution is -2.33. The van der Waals surface area contributed by atoms with Gasteiger partial charge in [0.25, 0.3) is 5.91 Å². The highest BCUT2D eigenvalue weighted by Crippen LogP contribution is 2.20. The minimum atomic E-state index is -0.246. The molecule has 0 radical (unpaired) electrons. The fourth-order valence-corrected chi connectivity index (χ4v) is 1.59. The normalized spacial score (nSPS) is 12.3. The van der Waals surface area contributed by atoms with Crippen LogP contribution in [0.1, 0.15) is 17.3 Å². The van der Waals surface area contributed by atoms with Crippen LogP contribution in [0.15, 0.2) is 18.2 Å². The van der Waals surface area contributed by atoms with Crippen LogP contribution in [0.3, 0.4) is 0 Å². The summed E-state index contributed by atoms with van der Waals surface area (Å²) in [6.07, 6.45) is 0. The largest absolute Gasteiger partial charge is 0.348 e. The van der Waals surface area contributed by atoms with Gasteiger partial charge in [0, 0.05) is 16.9 Å². The van der Waals surface area contributed by atoms with Crippen molar-refractivity contribution in [1.29, 1.82) is 0 Å². The van der Waals surface area contributed by atoms with Crippen LogP contribution in [-0.2, 0) is 0 Å². The predicted molar refractivity (Wildman–Crippen MR) is 64.1 cm³/mol. The maximum atomic E-state index is 11.6. The van der Waals surface area contributed by atoms with Gasteiger partial charge in [0.15, 0.2) is 0 Å². The number of halogens is 3. The molecule has 1 amide bonds. The summed E-state index contributed by atoms with van der Waals surface area (Å²) in [5.41, 5.74) is 0.401. The maximum Gasteiger partial charge on any atom is 0.253 e. The standard InChI is InChI=1S/C10H10Cl3NO/c1-6(5-11)14-10(15)8-3-2-7(12)4-9(8)13/h2-4,6H,5H2,1H3,(H,14,15). The Morgan fingerprint density at radius 1 is 1.47 bits per heavy atom. The molecule has 2 nitrogen and oxygen atoms in total.